The molecule has 0 atom stereocenters. The number of hydrogen-bond acceptors (Lipinski definition) is 4. The Morgan fingerprint density at radius 1 is 1.18 bits per heavy atom. The minimum atomic E-state index is -0.203. The highest BCUT2D eigenvalue weighted by Crippen LogP contribution is 2.22. The van der Waals surface area contributed by atoms with Gasteiger partial charge in [-0.2, -0.15) is 0 Å². The van der Waals surface area contributed by atoms with Crippen LogP contribution in [-0.4, -0.2) is 37.2 Å². The minimum absolute atomic E-state index is 0.203. The second-order valence-electron chi connectivity index (χ2n) is 6.32. The molecule has 1 heterocycles. The summed E-state index contributed by atoms with van der Waals surface area (Å²) in [5.41, 5.74) is 1.46. The van der Waals surface area contributed by atoms with E-state index >= 15 is 0 Å². The second kappa shape index (κ2) is 11.3. The zero-order valence-electron chi connectivity index (χ0n) is 16.6. The van der Waals surface area contributed by atoms with Crippen LogP contribution in [0.4, 0.5) is 0 Å². The standard InChI is InChI=1S/C20H28ClN5O2/c1-4-14(5-2)18-12-15(28-26-18)13-25-20(22-3)24-11-10-23-19(27)16-8-6-7-9-17(16)21/h6-9,12,14H,4-5,10-11,13H2,1-3H3,(H,23,27)(H2,22,24,25). The van der Waals surface area contributed by atoms with Gasteiger partial charge in [0.15, 0.2) is 11.7 Å². The Bertz CT molecular complexity index is 786. The van der Waals surface area contributed by atoms with E-state index in [4.69, 9.17) is 16.1 Å². The first-order valence-corrected chi connectivity index (χ1v) is 9.89. The summed E-state index contributed by atoms with van der Waals surface area (Å²) in [6.45, 7) is 5.74. The van der Waals surface area contributed by atoms with Crippen molar-refractivity contribution in [1.82, 2.24) is 21.1 Å². The molecule has 0 spiro atoms. The van der Waals surface area contributed by atoms with Gasteiger partial charge < -0.3 is 20.5 Å². The number of carbonyl (C=O) groups excluding carboxylic acids is 1. The maximum atomic E-state index is 12.1. The summed E-state index contributed by atoms with van der Waals surface area (Å²) >= 11 is 6.02. The van der Waals surface area contributed by atoms with E-state index in [-0.39, 0.29) is 5.91 Å². The maximum absolute atomic E-state index is 12.1. The topological polar surface area (TPSA) is 91.6 Å². The molecule has 1 aromatic carbocycles. The molecule has 0 saturated carbocycles. The van der Waals surface area contributed by atoms with Crippen LogP contribution in [0.25, 0.3) is 0 Å². The van der Waals surface area contributed by atoms with Crippen molar-refractivity contribution in [3.8, 4) is 0 Å². The van der Waals surface area contributed by atoms with E-state index < -0.39 is 0 Å². The number of nitrogens with zero attached hydrogens (tertiary/aromatic N) is 2. The molecule has 28 heavy (non-hydrogen) atoms. The van der Waals surface area contributed by atoms with E-state index in [0.29, 0.717) is 42.1 Å². The van der Waals surface area contributed by atoms with Crippen molar-refractivity contribution in [2.45, 2.75) is 39.2 Å². The first kappa shape index (κ1) is 21.8. The number of nitrogens with one attached hydrogen (secondary N) is 3. The summed E-state index contributed by atoms with van der Waals surface area (Å²) in [6.07, 6.45) is 2.08. The van der Waals surface area contributed by atoms with Crippen molar-refractivity contribution in [3.05, 3.63) is 52.4 Å². The van der Waals surface area contributed by atoms with Gasteiger partial charge in [0.1, 0.15) is 0 Å². The van der Waals surface area contributed by atoms with Crippen LogP contribution in [-0.2, 0) is 6.54 Å². The number of aliphatic imine (C=N–C) groups is 1. The third kappa shape index (κ3) is 6.27. The predicted molar refractivity (Wildman–Crippen MR) is 112 cm³/mol. The molecule has 0 aliphatic heterocycles. The van der Waals surface area contributed by atoms with Gasteiger partial charge in [0.05, 0.1) is 22.8 Å². The number of benzene rings is 1. The molecule has 3 N–H and O–H groups in total. The Kier molecular flexibility index (Phi) is 8.81. The van der Waals surface area contributed by atoms with Gasteiger partial charge in [-0.25, -0.2) is 0 Å². The molecule has 0 unspecified atom stereocenters. The van der Waals surface area contributed by atoms with Crippen LogP contribution >= 0.6 is 11.6 Å². The van der Waals surface area contributed by atoms with E-state index in [0.717, 1.165) is 24.3 Å². The molecular formula is C20H28ClN5O2. The van der Waals surface area contributed by atoms with Crippen LogP contribution in [0.1, 0.15) is 54.4 Å². The van der Waals surface area contributed by atoms with Crippen molar-refractivity contribution < 1.29 is 9.32 Å². The normalized spacial score (nSPS) is 11.5. The highest BCUT2D eigenvalue weighted by Gasteiger charge is 2.13. The van der Waals surface area contributed by atoms with Gasteiger partial charge >= 0.3 is 0 Å². The van der Waals surface area contributed by atoms with Gasteiger partial charge in [-0.15, -0.1) is 0 Å². The quantitative estimate of drug-likeness (QED) is 0.338. The third-order valence-corrected chi connectivity index (χ3v) is 4.79. The molecule has 2 rings (SSSR count). The SMILES string of the molecule is CCC(CC)c1cc(CNC(=NC)NCCNC(=O)c2ccccc2Cl)on1. The molecule has 8 heteroatoms. The minimum Gasteiger partial charge on any atom is -0.359 e. The number of guanidine groups is 1. The Hall–Kier alpha value is -2.54. The lowest BCUT2D eigenvalue weighted by Crippen LogP contribution is -2.41. The van der Waals surface area contributed by atoms with E-state index in [2.05, 4.69) is 39.9 Å². The predicted octanol–water partition coefficient (Wildman–Crippen LogP) is 3.33. The highest BCUT2D eigenvalue weighted by molar-refractivity contribution is 6.33. The third-order valence-electron chi connectivity index (χ3n) is 4.46. The summed E-state index contributed by atoms with van der Waals surface area (Å²) in [4.78, 5) is 16.3. The molecule has 0 saturated heterocycles. The fraction of sp³-hybridized carbons (Fsp3) is 0.450. The molecule has 2 aromatic rings. The summed E-state index contributed by atoms with van der Waals surface area (Å²) in [5.74, 6) is 1.60. The number of rotatable bonds is 9. The zero-order valence-corrected chi connectivity index (χ0v) is 17.3. The molecule has 1 aromatic heterocycles. The monoisotopic (exact) mass is 405 g/mol. The maximum Gasteiger partial charge on any atom is 0.252 e. The second-order valence-corrected chi connectivity index (χ2v) is 6.73. The van der Waals surface area contributed by atoms with Crippen molar-refractivity contribution in [2.75, 3.05) is 20.1 Å². The van der Waals surface area contributed by atoms with E-state index in [1.165, 1.54) is 0 Å². The van der Waals surface area contributed by atoms with Crippen LogP contribution in [0.3, 0.4) is 0 Å². The Balaban J connectivity index is 1.73. The van der Waals surface area contributed by atoms with Crippen molar-refractivity contribution in [3.63, 3.8) is 0 Å². The van der Waals surface area contributed by atoms with Crippen molar-refractivity contribution >= 4 is 23.5 Å². The van der Waals surface area contributed by atoms with E-state index in [1.54, 1.807) is 31.3 Å². The smallest absolute Gasteiger partial charge is 0.252 e. The first-order chi connectivity index (χ1) is 13.6. The van der Waals surface area contributed by atoms with Crippen molar-refractivity contribution in [1.29, 1.82) is 0 Å². The lowest BCUT2D eigenvalue weighted by atomic mass is 9.99. The average molecular weight is 406 g/mol. The molecule has 0 aliphatic rings. The van der Waals surface area contributed by atoms with Gasteiger partial charge in [0, 0.05) is 32.1 Å². The van der Waals surface area contributed by atoms with Crippen LogP contribution in [0, 0.1) is 0 Å². The van der Waals surface area contributed by atoms with Crippen molar-refractivity contribution in [2.24, 2.45) is 4.99 Å². The Labute approximate surface area is 170 Å². The van der Waals surface area contributed by atoms with Gasteiger partial charge in [0.25, 0.3) is 5.91 Å². The number of amides is 1. The summed E-state index contributed by atoms with van der Waals surface area (Å²) in [5, 5.41) is 13.7. The summed E-state index contributed by atoms with van der Waals surface area (Å²) in [6, 6.07) is 8.95. The molecule has 0 aliphatic carbocycles. The van der Waals surface area contributed by atoms with E-state index in [9.17, 15) is 4.79 Å². The summed E-state index contributed by atoms with van der Waals surface area (Å²) in [7, 11) is 1.69. The zero-order chi connectivity index (χ0) is 20.4. The number of carbonyl (C=O) groups is 1. The molecule has 152 valence electrons. The number of hydrogen-bond donors (Lipinski definition) is 3. The Morgan fingerprint density at radius 3 is 2.57 bits per heavy atom. The van der Waals surface area contributed by atoms with Crippen LogP contribution < -0.4 is 16.0 Å². The summed E-state index contributed by atoms with van der Waals surface area (Å²) < 4.78 is 5.40. The molecule has 0 bridgehead atoms. The number of halogens is 1. The lowest BCUT2D eigenvalue weighted by molar-refractivity contribution is 0.0954. The molecule has 7 nitrogen and oxygen atoms in total. The molecule has 0 radical (unpaired) electrons. The van der Waals surface area contributed by atoms with E-state index in [1.807, 2.05) is 6.07 Å². The largest absolute Gasteiger partial charge is 0.359 e. The Morgan fingerprint density at radius 2 is 1.89 bits per heavy atom. The first-order valence-electron chi connectivity index (χ1n) is 9.51. The fourth-order valence-electron chi connectivity index (χ4n) is 2.80. The highest BCUT2D eigenvalue weighted by atomic mass is 35.5. The van der Waals surface area contributed by atoms with Gasteiger partial charge in [-0.05, 0) is 25.0 Å². The van der Waals surface area contributed by atoms with Gasteiger partial charge in [-0.3, -0.25) is 9.79 Å². The number of aromatic nitrogens is 1. The average Bonchev–Trinajstić information content (AvgIpc) is 3.17. The van der Waals surface area contributed by atoms with Gasteiger partial charge in [0.2, 0.25) is 0 Å². The molecule has 0 fully saturated rings. The van der Waals surface area contributed by atoms with Crippen LogP contribution in [0.2, 0.25) is 5.02 Å². The van der Waals surface area contributed by atoms with Crippen LogP contribution in [0.15, 0.2) is 39.8 Å². The molecular weight excluding hydrogens is 378 g/mol. The fourth-order valence-corrected chi connectivity index (χ4v) is 3.02. The van der Waals surface area contributed by atoms with Crippen LogP contribution in [0.5, 0.6) is 0 Å². The molecule has 1 amide bonds. The van der Waals surface area contributed by atoms with Gasteiger partial charge in [-0.1, -0.05) is 42.7 Å². The lowest BCUT2D eigenvalue weighted by Gasteiger charge is -2.11.